The van der Waals surface area contributed by atoms with Crippen molar-refractivity contribution < 1.29 is 9.90 Å². The van der Waals surface area contributed by atoms with Crippen molar-refractivity contribution in [3.05, 3.63) is 33.4 Å². The minimum atomic E-state index is 0.0163. The summed E-state index contributed by atoms with van der Waals surface area (Å²) < 4.78 is 1.12. The maximum atomic E-state index is 12.6. The maximum Gasteiger partial charge on any atom is 0.254 e. The molecule has 5 heteroatoms. The van der Waals surface area contributed by atoms with Gasteiger partial charge in [-0.1, -0.05) is 0 Å². The van der Waals surface area contributed by atoms with Gasteiger partial charge in [-0.2, -0.15) is 0 Å². The highest BCUT2D eigenvalue weighted by Gasteiger charge is 2.27. The number of likely N-dealkylation sites (tertiary alicyclic amines) is 1. The number of aliphatic hydroxyl groups is 1. The zero-order valence-corrected chi connectivity index (χ0v) is 13.9. The maximum absolute atomic E-state index is 12.6. The van der Waals surface area contributed by atoms with Crippen LogP contribution in [0.15, 0.2) is 24.3 Å². The average Bonchev–Trinajstić information content (AvgIpc) is 2.46. The molecule has 1 aromatic carbocycles. The molecule has 1 aromatic rings. The van der Waals surface area contributed by atoms with Crippen LogP contribution in [0.2, 0.25) is 0 Å². The molecule has 20 heavy (non-hydrogen) atoms. The van der Waals surface area contributed by atoms with Crippen molar-refractivity contribution in [2.24, 2.45) is 0 Å². The summed E-state index contributed by atoms with van der Waals surface area (Å²) in [5.74, 6) is 0.0324. The van der Waals surface area contributed by atoms with Crippen LogP contribution in [0.5, 0.6) is 0 Å². The van der Waals surface area contributed by atoms with E-state index >= 15 is 0 Å². The molecule has 0 aliphatic carbocycles. The molecule has 0 spiro atoms. The number of carbonyl (C=O) groups excluding carboxylic acids is 1. The number of rotatable bonds is 4. The van der Waals surface area contributed by atoms with Gasteiger partial charge in [0.2, 0.25) is 0 Å². The Morgan fingerprint density at radius 2 is 1.95 bits per heavy atom. The zero-order chi connectivity index (χ0) is 14.5. The second-order valence-corrected chi connectivity index (χ2v) is 6.51. The van der Waals surface area contributed by atoms with Crippen molar-refractivity contribution in [3.8, 4) is 0 Å². The molecule has 1 amide bonds. The van der Waals surface area contributed by atoms with E-state index in [1.165, 1.54) is 0 Å². The second kappa shape index (κ2) is 7.38. The summed E-state index contributed by atoms with van der Waals surface area (Å²) in [5, 5.41) is 9.25. The van der Waals surface area contributed by atoms with Crippen molar-refractivity contribution in [1.82, 2.24) is 9.80 Å². The molecule has 0 aromatic heterocycles. The number of aliphatic hydroxyl groups excluding tert-OH is 1. The summed E-state index contributed by atoms with van der Waals surface area (Å²) in [6.45, 7) is 2.45. The van der Waals surface area contributed by atoms with Crippen molar-refractivity contribution in [3.63, 3.8) is 0 Å². The Balaban J connectivity index is 2.11. The molecule has 2 rings (SSSR count). The van der Waals surface area contributed by atoms with E-state index in [2.05, 4.69) is 34.5 Å². The van der Waals surface area contributed by atoms with E-state index < -0.39 is 0 Å². The second-order valence-electron chi connectivity index (χ2n) is 5.26. The normalized spacial score (nSPS) is 17.1. The lowest BCUT2D eigenvalue weighted by molar-refractivity contribution is 0.0540. The predicted molar refractivity (Wildman–Crippen MR) is 87.8 cm³/mol. The monoisotopic (exact) mass is 388 g/mol. The molecular formula is C15H21IN2O2. The van der Waals surface area contributed by atoms with Crippen LogP contribution in [-0.2, 0) is 0 Å². The highest BCUT2D eigenvalue weighted by atomic mass is 127. The van der Waals surface area contributed by atoms with Gasteiger partial charge < -0.3 is 14.9 Å². The largest absolute Gasteiger partial charge is 0.395 e. The number of benzene rings is 1. The summed E-state index contributed by atoms with van der Waals surface area (Å²) in [6, 6.07) is 7.86. The number of amides is 1. The third-order valence-corrected chi connectivity index (χ3v) is 4.54. The fourth-order valence-electron chi connectivity index (χ4n) is 2.62. The fraction of sp³-hybridized carbons (Fsp3) is 0.533. The number of piperidine rings is 1. The number of hydrogen-bond acceptors (Lipinski definition) is 3. The first-order chi connectivity index (χ1) is 9.61. The minimum Gasteiger partial charge on any atom is -0.395 e. The third-order valence-electron chi connectivity index (χ3n) is 3.82. The quantitative estimate of drug-likeness (QED) is 0.801. The standard InChI is InChI=1S/C15H21IN2O2/c1-17-8-6-14(7-9-17)18(10-11-19)15(20)12-2-4-13(16)5-3-12/h2-5,14,19H,6-11H2,1H3. The van der Waals surface area contributed by atoms with Gasteiger partial charge in [-0.05, 0) is 79.8 Å². The SMILES string of the molecule is CN1CCC(N(CCO)C(=O)c2ccc(I)cc2)CC1. The molecule has 0 unspecified atom stereocenters. The number of halogens is 1. The summed E-state index contributed by atoms with van der Waals surface area (Å²) in [5.41, 5.74) is 0.706. The Kier molecular flexibility index (Phi) is 5.80. The highest BCUT2D eigenvalue weighted by molar-refractivity contribution is 14.1. The first-order valence-corrected chi connectivity index (χ1v) is 8.05. The lowest BCUT2D eigenvalue weighted by atomic mass is 10.0. The molecule has 1 fully saturated rings. The molecule has 1 N–H and O–H groups in total. The molecule has 4 nitrogen and oxygen atoms in total. The molecule has 0 bridgehead atoms. The molecule has 110 valence electrons. The van der Waals surface area contributed by atoms with Crippen LogP contribution < -0.4 is 0 Å². The Morgan fingerprint density at radius 1 is 1.35 bits per heavy atom. The average molecular weight is 388 g/mol. The number of nitrogens with zero attached hydrogens (tertiary/aromatic N) is 2. The number of hydrogen-bond donors (Lipinski definition) is 1. The van der Waals surface area contributed by atoms with Gasteiger partial charge in [0.05, 0.1) is 6.61 Å². The van der Waals surface area contributed by atoms with E-state index in [4.69, 9.17) is 0 Å². The fourth-order valence-corrected chi connectivity index (χ4v) is 2.98. The molecule has 1 aliphatic rings. The van der Waals surface area contributed by atoms with E-state index in [0.29, 0.717) is 12.1 Å². The van der Waals surface area contributed by atoms with Gasteiger partial charge in [0, 0.05) is 21.7 Å². The summed E-state index contributed by atoms with van der Waals surface area (Å²) >= 11 is 2.23. The zero-order valence-electron chi connectivity index (χ0n) is 11.8. The van der Waals surface area contributed by atoms with Gasteiger partial charge in [-0.3, -0.25) is 4.79 Å². The van der Waals surface area contributed by atoms with E-state index in [9.17, 15) is 9.90 Å². The Bertz CT molecular complexity index is 442. The first kappa shape index (κ1) is 15.7. The molecule has 0 saturated carbocycles. The molecule has 1 saturated heterocycles. The molecule has 0 radical (unpaired) electrons. The van der Waals surface area contributed by atoms with E-state index in [-0.39, 0.29) is 18.6 Å². The van der Waals surface area contributed by atoms with Crippen LogP contribution in [0, 0.1) is 3.57 Å². The minimum absolute atomic E-state index is 0.0163. The van der Waals surface area contributed by atoms with Gasteiger partial charge in [-0.25, -0.2) is 0 Å². The van der Waals surface area contributed by atoms with E-state index in [1.807, 2.05) is 29.2 Å². The summed E-state index contributed by atoms with van der Waals surface area (Å²) in [6.07, 6.45) is 1.96. The molecular weight excluding hydrogens is 367 g/mol. The molecule has 0 atom stereocenters. The van der Waals surface area contributed by atoms with Crippen LogP contribution in [0.25, 0.3) is 0 Å². The van der Waals surface area contributed by atoms with Crippen LogP contribution >= 0.6 is 22.6 Å². The van der Waals surface area contributed by atoms with Gasteiger partial charge in [0.25, 0.3) is 5.91 Å². The lowest BCUT2D eigenvalue weighted by Gasteiger charge is -2.37. The van der Waals surface area contributed by atoms with Crippen LogP contribution in [0.1, 0.15) is 23.2 Å². The Morgan fingerprint density at radius 3 is 2.50 bits per heavy atom. The predicted octanol–water partition coefficient (Wildman–Crippen LogP) is 1.82. The summed E-state index contributed by atoms with van der Waals surface area (Å²) in [7, 11) is 2.10. The van der Waals surface area contributed by atoms with Gasteiger partial charge >= 0.3 is 0 Å². The van der Waals surface area contributed by atoms with E-state index in [1.54, 1.807) is 0 Å². The Labute approximate surface area is 133 Å². The van der Waals surface area contributed by atoms with Crippen LogP contribution in [0.4, 0.5) is 0 Å². The van der Waals surface area contributed by atoms with Gasteiger partial charge in [-0.15, -0.1) is 0 Å². The molecule has 1 heterocycles. The third kappa shape index (κ3) is 3.93. The number of carbonyl (C=O) groups is 1. The van der Waals surface area contributed by atoms with Crippen molar-refractivity contribution in [2.75, 3.05) is 33.3 Å². The van der Waals surface area contributed by atoms with Gasteiger partial charge in [0.1, 0.15) is 0 Å². The lowest BCUT2D eigenvalue weighted by Crippen LogP contribution is -2.47. The van der Waals surface area contributed by atoms with Crippen molar-refractivity contribution in [2.45, 2.75) is 18.9 Å². The van der Waals surface area contributed by atoms with Crippen molar-refractivity contribution in [1.29, 1.82) is 0 Å². The van der Waals surface area contributed by atoms with Crippen LogP contribution in [-0.4, -0.2) is 60.1 Å². The summed E-state index contributed by atoms with van der Waals surface area (Å²) in [4.78, 5) is 16.7. The van der Waals surface area contributed by atoms with Crippen LogP contribution in [0.3, 0.4) is 0 Å². The first-order valence-electron chi connectivity index (χ1n) is 6.97. The van der Waals surface area contributed by atoms with E-state index in [0.717, 1.165) is 29.5 Å². The highest BCUT2D eigenvalue weighted by Crippen LogP contribution is 2.18. The van der Waals surface area contributed by atoms with Gasteiger partial charge in [0.15, 0.2) is 0 Å². The van der Waals surface area contributed by atoms with Crippen molar-refractivity contribution >= 4 is 28.5 Å². The topological polar surface area (TPSA) is 43.8 Å². The Hall–Kier alpha value is -0.660. The molecule has 1 aliphatic heterocycles. The smallest absolute Gasteiger partial charge is 0.254 e.